The third kappa shape index (κ3) is 1.74. The molecule has 0 atom stereocenters. The average molecular weight is 202 g/mol. The number of carboxylic acid groups (broad SMARTS) is 1. The van der Waals surface area contributed by atoms with Crippen LogP contribution >= 0.6 is 0 Å². The maximum atomic E-state index is 10.9. The van der Waals surface area contributed by atoms with Crippen LogP contribution in [-0.2, 0) is 0 Å². The Bertz CT molecular complexity index is 486. The van der Waals surface area contributed by atoms with Crippen LogP contribution < -0.4 is 0 Å². The number of nitrogens with zero attached hydrogens (tertiary/aromatic N) is 2. The Hall–Kier alpha value is -2.10. The highest BCUT2D eigenvalue weighted by Crippen LogP contribution is 2.11. The summed E-state index contributed by atoms with van der Waals surface area (Å²) in [6.07, 6.45) is 1.48. The second kappa shape index (κ2) is 3.57. The van der Waals surface area contributed by atoms with Gasteiger partial charge in [-0.05, 0) is 25.1 Å². The summed E-state index contributed by atoms with van der Waals surface area (Å²) in [6.45, 7) is 1.98. The fourth-order valence-corrected chi connectivity index (χ4v) is 1.36. The van der Waals surface area contributed by atoms with Crippen molar-refractivity contribution < 1.29 is 9.90 Å². The summed E-state index contributed by atoms with van der Waals surface area (Å²) in [5.74, 6) is -0.979. The maximum Gasteiger partial charge on any atom is 0.354 e. The lowest BCUT2D eigenvalue weighted by Crippen LogP contribution is -2.07. The van der Waals surface area contributed by atoms with E-state index in [2.05, 4.69) is 5.10 Å². The maximum absolute atomic E-state index is 10.9. The lowest BCUT2D eigenvalue weighted by atomic mass is 10.2. The molecular formula is C11H10N2O2. The molecule has 1 aromatic heterocycles. The van der Waals surface area contributed by atoms with Crippen molar-refractivity contribution in [2.45, 2.75) is 6.92 Å². The van der Waals surface area contributed by atoms with Crippen LogP contribution in [0.3, 0.4) is 0 Å². The van der Waals surface area contributed by atoms with Crippen LogP contribution in [0.4, 0.5) is 0 Å². The highest BCUT2D eigenvalue weighted by atomic mass is 16.4. The van der Waals surface area contributed by atoms with Gasteiger partial charge in [-0.2, -0.15) is 5.10 Å². The second-order valence-electron chi connectivity index (χ2n) is 3.27. The topological polar surface area (TPSA) is 55.1 Å². The highest BCUT2D eigenvalue weighted by Gasteiger charge is 2.10. The third-order valence-corrected chi connectivity index (χ3v) is 2.14. The van der Waals surface area contributed by atoms with E-state index in [1.807, 2.05) is 31.2 Å². The molecule has 2 rings (SSSR count). The average Bonchev–Trinajstić information content (AvgIpc) is 2.67. The van der Waals surface area contributed by atoms with Gasteiger partial charge in [-0.15, -0.1) is 0 Å². The van der Waals surface area contributed by atoms with Crippen LogP contribution in [0.25, 0.3) is 5.69 Å². The molecule has 1 N–H and O–H groups in total. The first-order valence-electron chi connectivity index (χ1n) is 4.53. The molecule has 0 unspecified atom stereocenters. The fraction of sp³-hybridized carbons (Fsp3) is 0.0909. The Morgan fingerprint density at radius 1 is 1.27 bits per heavy atom. The van der Waals surface area contributed by atoms with Crippen LogP contribution in [0.1, 0.15) is 16.1 Å². The molecule has 4 nitrogen and oxygen atoms in total. The molecule has 2 aromatic rings. The van der Waals surface area contributed by atoms with Gasteiger partial charge in [-0.1, -0.05) is 17.7 Å². The minimum absolute atomic E-state index is 0.166. The van der Waals surface area contributed by atoms with Gasteiger partial charge in [-0.3, -0.25) is 0 Å². The Morgan fingerprint density at radius 2 is 1.93 bits per heavy atom. The van der Waals surface area contributed by atoms with Gasteiger partial charge < -0.3 is 5.11 Å². The van der Waals surface area contributed by atoms with Gasteiger partial charge in [0.1, 0.15) is 0 Å². The van der Waals surface area contributed by atoms with E-state index in [1.54, 1.807) is 0 Å². The van der Waals surface area contributed by atoms with E-state index in [4.69, 9.17) is 5.11 Å². The number of rotatable bonds is 2. The van der Waals surface area contributed by atoms with Gasteiger partial charge in [0.05, 0.1) is 11.9 Å². The number of aromatic nitrogens is 2. The summed E-state index contributed by atoms with van der Waals surface area (Å²) in [6, 6.07) is 9.00. The standard InChI is InChI=1S/C11H10N2O2/c1-8-2-4-9(5-3-8)13-10(11(14)15)6-7-12-13/h2-7H,1H3,(H,14,15). The SMILES string of the molecule is Cc1ccc(-n2nccc2C(=O)O)cc1. The fourth-order valence-electron chi connectivity index (χ4n) is 1.36. The van der Waals surface area contributed by atoms with Crippen molar-refractivity contribution in [2.75, 3.05) is 0 Å². The molecule has 0 saturated heterocycles. The van der Waals surface area contributed by atoms with Crippen LogP contribution in [0, 0.1) is 6.92 Å². The summed E-state index contributed by atoms with van der Waals surface area (Å²) >= 11 is 0. The molecule has 0 radical (unpaired) electrons. The quantitative estimate of drug-likeness (QED) is 0.808. The number of carboxylic acids is 1. The Balaban J connectivity index is 2.49. The number of aryl methyl sites for hydroxylation is 1. The molecule has 0 aliphatic rings. The zero-order chi connectivity index (χ0) is 10.8. The molecule has 0 fully saturated rings. The first kappa shape index (κ1) is 9.45. The Morgan fingerprint density at radius 3 is 2.53 bits per heavy atom. The smallest absolute Gasteiger partial charge is 0.354 e. The van der Waals surface area contributed by atoms with E-state index < -0.39 is 5.97 Å². The zero-order valence-corrected chi connectivity index (χ0v) is 8.21. The molecule has 76 valence electrons. The van der Waals surface area contributed by atoms with E-state index in [9.17, 15) is 4.79 Å². The van der Waals surface area contributed by atoms with Crippen LogP contribution in [0.5, 0.6) is 0 Å². The van der Waals surface area contributed by atoms with Crippen molar-refractivity contribution >= 4 is 5.97 Å². The van der Waals surface area contributed by atoms with E-state index in [0.717, 1.165) is 11.3 Å². The molecule has 1 heterocycles. The van der Waals surface area contributed by atoms with E-state index >= 15 is 0 Å². The number of benzene rings is 1. The number of hydrogen-bond acceptors (Lipinski definition) is 2. The number of hydrogen-bond donors (Lipinski definition) is 1. The van der Waals surface area contributed by atoms with Crippen molar-refractivity contribution in [3.05, 3.63) is 47.8 Å². The molecule has 0 saturated carbocycles. The number of carbonyl (C=O) groups is 1. The monoisotopic (exact) mass is 202 g/mol. The lowest BCUT2D eigenvalue weighted by molar-refractivity contribution is 0.0687. The third-order valence-electron chi connectivity index (χ3n) is 2.14. The molecule has 15 heavy (non-hydrogen) atoms. The predicted octanol–water partition coefficient (Wildman–Crippen LogP) is 1.88. The van der Waals surface area contributed by atoms with Gasteiger partial charge in [-0.25, -0.2) is 9.48 Å². The lowest BCUT2D eigenvalue weighted by Gasteiger charge is -2.04. The van der Waals surface area contributed by atoms with Crippen molar-refractivity contribution in [3.63, 3.8) is 0 Å². The van der Waals surface area contributed by atoms with Gasteiger partial charge >= 0.3 is 5.97 Å². The second-order valence-corrected chi connectivity index (χ2v) is 3.27. The van der Waals surface area contributed by atoms with Crippen LogP contribution in [0.15, 0.2) is 36.5 Å². The largest absolute Gasteiger partial charge is 0.477 e. The van der Waals surface area contributed by atoms with Crippen LogP contribution in [-0.4, -0.2) is 20.9 Å². The molecule has 0 amide bonds. The molecular weight excluding hydrogens is 192 g/mol. The molecule has 0 spiro atoms. The van der Waals surface area contributed by atoms with E-state index in [0.29, 0.717) is 0 Å². The summed E-state index contributed by atoms with van der Waals surface area (Å²) in [7, 11) is 0. The predicted molar refractivity (Wildman–Crippen MR) is 55.3 cm³/mol. The molecule has 0 aliphatic carbocycles. The molecule has 0 bridgehead atoms. The van der Waals surface area contributed by atoms with E-state index in [1.165, 1.54) is 16.9 Å². The Labute approximate surface area is 86.8 Å². The summed E-state index contributed by atoms with van der Waals surface area (Å²) in [4.78, 5) is 10.9. The first-order valence-corrected chi connectivity index (χ1v) is 4.53. The van der Waals surface area contributed by atoms with Gasteiger partial charge in [0.15, 0.2) is 5.69 Å². The van der Waals surface area contributed by atoms with E-state index in [-0.39, 0.29) is 5.69 Å². The van der Waals surface area contributed by atoms with Crippen molar-refractivity contribution in [1.29, 1.82) is 0 Å². The molecule has 4 heteroatoms. The minimum atomic E-state index is -0.979. The van der Waals surface area contributed by atoms with Gasteiger partial charge in [0.2, 0.25) is 0 Å². The summed E-state index contributed by atoms with van der Waals surface area (Å²) in [5, 5.41) is 12.9. The van der Waals surface area contributed by atoms with Crippen LogP contribution in [0.2, 0.25) is 0 Å². The summed E-state index contributed by atoms with van der Waals surface area (Å²) < 4.78 is 1.40. The normalized spacial score (nSPS) is 10.2. The van der Waals surface area contributed by atoms with Gasteiger partial charge in [0.25, 0.3) is 0 Å². The Kier molecular flexibility index (Phi) is 2.25. The molecule has 1 aromatic carbocycles. The summed E-state index contributed by atoms with van der Waals surface area (Å²) in [5.41, 5.74) is 2.05. The number of aromatic carboxylic acids is 1. The molecule has 0 aliphatic heterocycles. The highest BCUT2D eigenvalue weighted by molar-refractivity contribution is 5.86. The van der Waals surface area contributed by atoms with Gasteiger partial charge in [0, 0.05) is 0 Å². The van der Waals surface area contributed by atoms with Crippen molar-refractivity contribution in [2.24, 2.45) is 0 Å². The van der Waals surface area contributed by atoms with Crippen molar-refractivity contribution in [1.82, 2.24) is 9.78 Å². The first-order chi connectivity index (χ1) is 7.18. The minimum Gasteiger partial charge on any atom is -0.477 e. The van der Waals surface area contributed by atoms with Crippen molar-refractivity contribution in [3.8, 4) is 5.69 Å². The zero-order valence-electron chi connectivity index (χ0n) is 8.21.